The Kier molecular flexibility index (Phi) is 5.67. The Labute approximate surface area is 147 Å². The molecule has 136 valence electrons. The average molecular weight is 365 g/mol. The molecule has 0 amide bonds. The summed E-state index contributed by atoms with van der Waals surface area (Å²) in [5.74, 6) is 1.62. The monoisotopic (exact) mass is 365 g/mol. The van der Waals surface area contributed by atoms with Gasteiger partial charge in [0.25, 0.3) is 0 Å². The first-order valence-electron chi connectivity index (χ1n) is 8.31. The van der Waals surface area contributed by atoms with Crippen molar-refractivity contribution in [2.45, 2.75) is 24.3 Å². The van der Waals surface area contributed by atoms with E-state index >= 15 is 0 Å². The number of sulfonamides is 1. The Morgan fingerprint density at radius 1 is 1.36 bits per heavy atom. The normalized spacial score (nSPS) is 18.2. The van der Waals surface area contributed by atoms with Crippen LogP contribution in [0, 0.1) is 5.92 Å². The van der Waals surface area contributed by atoms with Gasteiger partial charge >= 0.3 is 0 Å². The third-order valence-corrected chi connectivity index (χ3v) is 5.71. The second kappa shape index (κ2) is 7.94. The molecule has 0 bridgehead atoms. The van der Waals surface area contributed by atoms with Crippen LogP contribution in [0.4, 0.5) is 0 Å². The van der Waals surface area contributed by atoms with E-state index < -0.39 is 10.0 Å². The molecule has 0 unspecified atom stereocenters. The number of nitrogens with one attached hydrogen (secondary N) is 2. The molecule has 1 aromatic heterocycles. The van der Waals surface area contributed by atoms with Crippen molar-refractivity contribution >= 4 is 10.0 Å². The zero-order valence-corrected chi connectivity index (χ0v) is 15.0. The summed E-state index contributed by atoms with van der Waals surface area (Å²) in [5, 5.41) is 7.25. The fourth-order valence-electron chi connectivity index (χ4n) is 2.72. The lowest BCUT2D eigenvalue weighted by atomic mass is 10.0. The SMILES string of the molecule is Cn1ncnc1COc1ccc(S(=O)(=O)NC[C@@H]2CCCNC2)cc1. The maximum absolute atomic E-state index is 12.4. The zero-order valence-electron chi connectivity index (χ0n) is 14.2. The van der Waals surface area contributed by atoms with E-state index in [1.54, 1.807) is 36.0 Å². The Morgan fingerprint density at radius 2 is 2.16 bits per heavy atom. The summed E-state index contributed by atoms with van der Waals surface area (Å²) in [7, 11) is -1.71. The molecule has 9 heteroatoms. The molecule has 0 saturated carbocycles. The van der Waals surface area contributed by atoms with Crippen LogP contribution in [0.2, 0.25) is 0 Å². The molecule has 0 aliphatic carbocycles. The molecule has 25 heavy (non-hydrogen) atoms. The maximum Gasteiger partial charge on any atom is 0.240 e. The van der Waals surface area contributed by atoms with Crippen molar-refractivity contribution in [1.29, 1.82) is 0 Å². The highest BCUT2D eigenvalue weighted by Gasteiger charge is 2.18. The summed E-state index contributed by atoms with van der Waals surface area (Å²) < 4.78 is 34.7. The predicted molar refractivity (Wildman–Crippen MR) is 92.6 cm³/mol. The van der Waals surface area contributed by atoms with E-state index in [-0.39, 0.29) is 11.5 Å². The van der Waals surface area contributed by atoms with Crippen LogP contribution >= 0.6 is 0 Å². The van der Waals surface area contributed by atoms with Gasteiger partial charge in [0.1, 0.15) is 18.7 Å². The van der Waals surface area contributed by atoms with Gasteiger partial charge in [0.15, 0.2) is 5.82 Å². The summed E-state index contributed by atoms with van der Waals surface area (Å²) in [4.78, 5) is 4.31. The van der Waals surface area contributed by atoms with Gasteiger partial charge in [-0.25, -0.2) is 18.1 Å². The first kappa shape index (κ1) is 17.8. The van der Waals surface area contributed by atoms with Crippen molar-refractivity contribution in [1.82, 2.24) is 24.8 Å². The van der Waals surface area contributed by atoms with E-state index in [0.717, 1.165) is 25.9 Å². The second-order valence-electron chi connectivity index (χ2n) is 6.12. The lowest BCUT2D eigenvalue weighted by molar-refractivity contribution is 0.289. The molecule has 3 rings (SSSR count). The van der Waals surface area contributed by atoms with E-state index in [1.165, 1.54) is 6.33 Å². The third-order valence-electron chi connectivity index (χ3n) is 4.27. The van der Waals surface area contributed by atoms with Crippen molar-refractivity contribution in [2.75, 3.05) is 19.6 Å². The molecule has 2 N–H and O–H groups in total. The second-order valence-corrected chi connectivity index (χ2v) is 7.89. The van der Waals surface area contributed by atoms with Gasteiger partial charge < -0.3 is 10.1 Å². The standard InChI is InChI=1S/C16H23N5O3S/c1-21-16(18-12-19-21)11-24-14-4-6-15(7-5-14)25(22,23)20-10-13-3-2-8-17-9-13/h4-7,12-13,17,20H,2-3,8-11H2,1H3/t13-/m1/s1. The number of aromatic nitrogens is 3. The minimum Gasteiger partial charge on any atom is -0.486 e. The first-order chi connectivity index (χ1) is 12.0. The molecule has 1 atom stereocenters. The van der Waals surface area contributed by atoms with E-state index in [0.29, 0.717) is 24.0 Å². The molecule has 1 aliphatic heterocycles. The number of benzene rings is 1. The molecule has 8 nitrogen and oxygen atoms in total. The number of piperidine rings is 1. The van der Waals surface area contributed by atoms with Crippen molar-refractivity contribution in [3.05, 3.63) is 36.4 Å². The fraction of sp³-hybridized carbons (Fsp3) is 0.500. The molecule has 2 heterocycles. The minimum atomic E-state index is -3.50. The molecule has 2 aromatic rings. The van der Waals surface area contributed by atoms with Crippen LogP contribution in [0.25, 0.3) is 0 Å². The van der Waals surface area contributed by atoms with E-state index in [4.69, 9.17) is 4.74 Å². The van der Waals surface area contributed by atoms with Gasteiger partial charge in [0.05, 0.1) is 4.90 Å². The highest BCUT2D eigenvalue weighted by molar-refractivity contribution is 7.89. The number of nitrogens with zero attached hydrogens (tertiary/aromatic N) is 3. The number of hydrogen-bond donors (Lipinski definition) is 2. The highest BCUT2D eigenvalue weighted by Crippen LogP contribution is 2.17. The molecule has 1 aromatic carbocycles. The Balaban J connectivity index is 1.55. The minimum absolute atomic E-state index is 0.238. The Bertz CT molecular complexity index is 782. The molecular formula is C16H23N5O3S. The van der Waals surface area contributed by atoms with Gasteiger partial charge in [0.2, 0.25) is 10.0 Å². The van der Waals surface area contributed by atoms with Crippen molar-refractivity contribution in [2.24, 2.45) is 13.0 Å². The number of aryl methyl sites for hydroxylation is 1. The van der Waals surface area contributed by atoms with Gasteiger partial charge in [-0.3, -0.25) is 4.68 Å². The molecule has 0 radical (unpaired) electrons. The van der Waals surface area contributed by atoms with Crippen LogP contribution in [0.1, 0.15) is 18.7 Å². The highest BCUT2D eigenvalue weighted by atomic mass is 32.2. The first-order valence-corrected chi connectivity index (χ1v) is 9.79. The van der Waals surface area contributed by atoms with Crippen LogP contribution in [-0.2, 0) is 23.7 Å². The topological polar surface area (TPSA) is 98.1 Å². The van der Waals surface area contributed by atoms with Gasteiger partial charge in [-0.1, -0.05) is 0 Å². The lowest BCUT2D eigenvalue weighted by Crippen LogP contribution is -2.38. The Morgan fingerprint density at radius 3 is 2.80 bits per heavy atom. The summed E-state index contributed by atoms with van der Waals surface area (Å²) >= 11 is 0. The van der Waals surface area contributed by atoms with Crippen LogP contribution in [0.5, 0.6) is 5.75 Å². The summed E-state index contributed by atoms with van der Waals surface area (Å²) in [6, 6.07) is 6.39. The quantitative estimate of drug-likeness (QED) is 0.748. The third kappa shape index (κ3) is 4.77. The van der Waals surface area contributed by atoms with Gasteiger partial charge in [-0.2, -0.15) is 5.10 Å². The fourth-order valence-corrected chi connectivity index (χ4v) is 3.84. The average Bonchev–Trinajstić information content (AvgIpc) is 3.04. The predicted octanol–water partition coefficient (Wildman–Crippen LogP) is 0.672. The number of hydrogen-bond acceptors (Lipinski definition) is 6. The van der Waals surface area contributed by atoms with Gasteiger partial charge in [0, 0.05) is 13.6 Å². The molecular weight excluding hydrogens is 342 g/mol. The van der Waals surface area contributed by atoms with E-state index in [9.17, 15) is 8.42 Å². The number of rotatable bonds is 7. The van der Waals surface area contributed by atoms with Crippen LogP contribution in [-0.4, -0.2) is 42.8 Å². The maximum atomic E-state index is 12.4. The van der Waals surface area contributed by atoms with E-state index in [1.807, 2.05) is 0 Å². The van der Waals surface area contributed by atoms with Crippen molar-refractivity contribution in [3.8, 4) is 5.75 Å². The molecule has 1 saturated heterocycles. The zero-order chi connectivity index (χ0) is 17.7. The van der Waals surface area contributed by atoms with Crippen LogP contribution in [0.15, 0.2) is 35.5 Å². The molecule has 0 spiro atoms. The molecule has 1 aliphatic rings. The lowest BCUT2D eigenvalue weighted by Gasteiger charge is -2.22. The summed E-state index contributed by atoms with van der Waals surface area (Å²) in [6.07, 6.45) is 3.59. The largest absolute Gasteiger partial charge is 0.486 e. The smallest absolute Gasteiger partial charge is 0.240 e. The van der Waals surface area contributed by atoms with Gasteiger partial charge in [-0.05, 0) is 56.1 Å². The van der Waals surface area contributed by atoms with Crippen molar-refractivity contribution in [3.63, 3.8) is 0 Å². The number of ether oxygens (including phenoxy) is 1. The van der Waals surface area contributed by atoms with Crippen LogP contribution < -0.4 is 14.8 Å². The Hall–Kier alpha value is -1.97. The van der Waals surface area contributed by atoms with E-state index in [2.05, 4.69) is 20.1 Å². The van der Waals surface area contributed by atoms with Crippen molar-refractivity contribution < 1.29 is 13.2 Å². The van der Waals surface area contributed by atoms with Gasteiger partial charge in [-0.15, -0.1) is 0 Å². The summed E-state index contributed by atoms with van der Waals surface area (Å²) in [6.45, 7) is 2.60. The summed E-state index contributed by atoms with van der Waals surface area (Å²) in [5.41, 5.74) is 0. The molecule has 1 fully saturated rings. The van der Waals surface area contributed by atoms with Crippen LogP contribution in [0.3, 0.4) is 0 Å².